The number of aromatic nitrogens is 1. The quantitative estimate of drug-likeness (QED) is 0.843. The second-order valence-corrected chi connectivity index (χ2v) is 5.43. The molecule has 3 rings (SSSR count). The van der Waals surface area contributed by atoms with Crippen molar-refractivity contribution in [2.75, 3.05) is 12.4 Å². The Morgan fingerprint density at radius 3 is 2.87 bits per heavy atom. The fraction of sp³-hybridized carbons (Fsp3) is 0.250. The van der Waals surface area contributed by atoms with E-state index in [0.717, 1.165) is 5.56 Å². The average Bonchev–Trinajstić information content (AvgIpc) is 2.87. The summed E-state index contributed by atoms with van der Waals surface area (Å²) in [5.41, 5.74) is 1.98. The Balaban J connectivity index is 1.80. The Bertz CT molecular complexity index is 857. The number of anilines is 1. The van der Waals surface area contributed by atoms with Crippen LogP contribution in [0.2, 0.25) is 0 Å². The Morgan fingerprint density at radius 1 is 1.39 bits per heavy atom. The van der Waals surface area contributed by atoms with Crippen molar-refractivity contribution < 1.29 is 14.3 Å². The summed E-state index contributed by atoms with van der Waals surface area (Å²) in [6.45, 7) is 1.64. The van der Waals surface area contributed by atoms with Crippen LogP contribution in [0.15, 0.2) is 35.3 Å². The lowest BCUT2D eigenvalue weighted by atomic mass is 10.1. The number of fused-ring (bicyclic) bond motifs is 1. The van der Waals surface area contributed by atoms with Crippen LogP contribution in [0.4, 0.5) is 11.4 Å². The Kier molecular flexibility index (Phi) is 3.69. The highest BCUT2D eigenvalue weighted by molar-refractivity contribution is 5.94. The van der Waals surface area contributed by atoms with Gasteiger partial charge in [0.25, 0.3) is 23.2 Å². The fourth-order valence-electron chi connectivity index (χ4n) is 2.62. The lowest BCUT2D eigenvalue weighted by molar-refractivity contribution is -0.479. The van der Waals surface area contributed by atoms with E-state index < -0.39 is 11.9 Å². The van der Waals surface area contributed by atoms with E-state index in [0.29, 0.717) is 33.9 Å². The third-order valence-corrected chi connectivity index (χ3v) is 3.88. The number of H-pyrrole nitrogens is 1. The molecule has 0 bridgehead atoms. The van der Waals surface area contributed by atoms with Gasteiger partial charge in [-0.2, -0.15) is 0 Å². The molecular weight excluding hydrogens is 298 g/mol. The van der Waals surface area contributed by atoms with Crippen molar-refractivity contribution in [3.8, 4) is 5.75 Å². The van der Waals surface area contributed by atoms with Crippen LogP contribution in [0.25, 0.3) is 0 Å². The third kappa shape index (κ3) is 2.73. The molecule has 2 N–H and O–H groups in total. The molecule has 0 radical (unpaired) electrons. The summed E-state index contributed by atoms with van der Waals surface area (Å²) in [7, 11) is 1.55. The molecule has 0 spiro atoms. The molecular formula is C16H16N3O4+. The van der Waals surface area contributed by atoms with E-state index in [4.69, 9.17) is 4.74 Å². The van der Waals surface area contributed by atoms with E-state index in [2.05, 4.69) is 10.3 Å². The molecule has 1 unspecified atom stereocenters. The predicted octanol–water partition coefficient (Wildman–Crippen LogP) is 1.67. The number of aromatic amines is 1. The number of amides is 1. The first-order valence-corrected chi connectivity index (χ1v) is 7.13. The van der Waals surface area contributed by atoms with E-state index >= 15 is 0 Å². The van der Waals surface area contributed by atoms with E-state index in [9.17, 15) is 14.5 Å². The van der Waals surface area contributed by atoms with Crippen LogP contribution in [-0.2, 0) is 11.2 Å². The maximum absolute atomic E-state index is 12.4. The topological polar surface area (TPSA) is 91.3 Å². The average molecular weight is 314 g/mol. The zero-order chi connectivity index (χ0) is 16.6. The number of ether oxygens (including phenoxy) is 1. The van der Waals surface area contributed by atoms with E-state index in [1.54, 1.807) is 38.3 Å². The Morgan fingerprint density at radius 2 is 2.17 bits per heavy atom. The molecule has 1 aromatic heterocycles. The first kappa shape index (κ1) is 15.0. The summed E-state index contributed by atoms with van der Waals surface area (Å²) in [6.07, 6.45) is 1.72. The maximum Gasteiger partial charge on any atom is 0.298 e. The van der Waals surface area contributed by atoms with Gasteiger partial charge in [0, 0.05) is 28.3 Å². The summed E-state index contributed by atoms with van der Waals surface area (Å²) in [6, 6.07) is 5.83. The van der Waals surface area contributed by atoms with E-state index in [-0.39, 0.29) is 5.56 Å². The van der Waals surface area contributed by atoms with Crippen LogP contribution in [0.5, 0.6) is 5.75 Å². The number of carbonyl (C=O) groups is 1. The molecule has 1 aliphatic heterocycles. The van der Waals surface area contributed by atoms with Crippen LogP contribution < -0.4 is 15.6 Å². The van der Waals surface area contributed by atoms with Gasteiger partial charge >= 0.3 is 0 Å². The van der Waals surface area contributed by atoms with Crippen molar-refractivity contribution >= 4 is 17.3 Å². The van der Waals surface area contributed by atoms with Gasteiger partial charge in [-0.15, -0.1) is 0 Å². The molecule has 0 aliphatic carbocycles. The number of pyridine rings is 1. The highest BCUT2D eigenvalue weighted by Crippen LogP contribution is 2.33. The Hall–Kier alpha value is -2.96. The van der Waals surface area contributed by atoms with Gasteiger partial charge in [-0.1, -0.05) is 0 Å². The smallest absolute Gasteiger partial charge is 0.298 e. The van der Waals surface area contributed by atoms with Crippen molar-refractivity contribution in [2.24, 2.45) is 0 Å². The van der Waals surface area contributed by atoms with Gasteiger partial charge in [-0.05, 0) is 25.1 Å². The van der Waals surface area contributed by atoms with Gasteiger partial charge in [0.05, 0.1) is 24.0 Å². The lowest BCUT2D eigenvalue weighted by Crippen LogP contribution is -2.33. The van der Waals surface area contributed by atoms with Crippen LogP contribution in [-0.4, -0.2) is 28.8 Å². The normalized spacial score (nSPS) is 16.1. The van der Waals surface area contributed by atoms with Crippen LogP contribution in [0.3, 0.4) is 0 Å². The Labute approximate surface area is 131 Å². The third-order valence-electron chi connectivity index (χ3n) is 3.88. The lowest BCUT2D eigenvalue weighted by Gasteiger charge is -2.05. The summed E-state index contributed by atoms with van der Waals surface area (Å²) >= 11 is 0. The molecule has 0 saturated carbocycles. The van der Waals surface area contributed by atoms with Crippen LogP contribution >= 0.6 is 0 Å². The number of rotatable bonds is 3. The summed E-state index contributed by atoms with van der Waals surface area (Å²) in [4.78, 5) is 38.5. The minimum atomic E-state index is -0.843. The second-order valence-electron chi connectivity index (χ2n) is 5.43. The molecule has 2 heterocycles. The zero-order valence-electron chi connectivity index (χ0n) is 12.8. The monoisotopic (exact) mass is 314 g/mol. The van der Waals surface area contributed by atoms with Gasteiger partial charge in [0.1, 0.15) is 5.75 Å². The minimum Gasteiger partial charge on any atom is -0.497 e. The van der Waals surface area contributed by atoms with Crippen molar-refractivity contribution in [3.63, 3.8) is 0 Å². The first-order valence-electron chi connectivity index (χ1n) is 7.13. The minimum absolute atomic E-state index is 0.214. The maximum atomic E-state index is 12.4. The standard InChI is InChI=1S/C16H15N3O4/c1-9-5-11(8-17-15(9)20)18-16(21)14-7-10-6-12(23-2)3-4-13(10)19(14)22/h3-6,8,14H,7H2,1-2H3,(H-,17,18,20,21)/p+1. The number of benzene rings is 1. The molecule has 0 saturated heterocycles. The summed E-state index contributed by atoms with van der Waals surface area (Å²) in [5.74, 6) is 0.232. The van der Waals surface area contributed by atoms with Crippen LogP contribution in [0.1, 0.15) is 11.1 Å². The van der Waals surface area contributed by atoms with Gasteiger partial charge in [-0.3, -0.25) is 9.59 Å². The number of nitrogens with zero attached hydrogens (tertiary/aromatic N) is 1. The number of hydrogen-bond acceptors (Lipinski definition) is 4. The molecule has 1 aliphatic rings. The largest absolute Gasteiger partial charge is 0.497 e. The van der Waals surface area contributed by atoms with Gasteiger partial charge in [0.15, 0.2) is 0 Å². The second kappa shape index (κ2) is 5.68. The van der Waals surface area contributed by atoms with Gasteiger partial charge < -0.3 is 15.0 Å². The highest BCUT2D eigenvalue weighted by Gasteiger charge is 2.44. The summed E-state index contributed by atoms with van der Waals surface area (Å²) < 4.78 is 5.85. The van der Waals surface area contributed by atoms with Crippen LogP contribution in [0, 0.1) is 11.8 Å². The van der Waals surface area contributed by atoms with E-state index in [1.165, 1.54) is 6.20 Å². The molecule has 7 heteroatoms. The number of nitroso groups, excluding NO2 is 1. The number of carbonyl (C=O) groups excluding carboxylic acids is 1. The van der Waals surface area contributed by atoms with Crippen molar-refractivity contribution in [1.82, 2.24) is 4.98 Å². The van der Waals surface area contributed by atoms with Gasteiger partial charge in [0.2, 0.25) is 0 Å². The molecule has 1 aromatic carbocycles. The SMILES string of the molecule is COc1ccc2c(c1)CC(C(=O)Nc1c[nH]c(=O)c(C)c1)[N+]2=O. The molecule has 2 aromatic rings. The number of methoxy groups -OCH3 is 1. The molecule has 1 atom stereocenters. The fourth-order valence-corrected chi connectivity index (χ4v) is 2.62. The van der Waals surface area contributed by atoms with Crippen molar-refractivity contribution in [3.05, 3.63) is 56.9 Å². The zero-order valence-corrected chi connectivity index (χ0v) is 12.8. The molecule has 23 heavy (non-hydrogen) atoms. The molecule has 1 amide bonds. The number of hydrogen-bond donors (Lipinski definition) is 2. The number of aryl methyl sites for hydroxylation is 1. The predicted molar refractivity (Wildman–Crippen MR) is 84.2 cm³/mol. The molecule has 0 fully saturated rings. The summed E-state index contributed by atoms with van der Waals surface area (Å²) in [5, 5.41) is 2.66. The first-order chi connectivity index (χ1) is 11.0. The van der Waals surface area contributed by atoms with Crippen molar-refractivity contribution in [2.45, 2.75) is 19.4 Å². The molecule has 118 valence electrons. The van der Waals surface area contributed by atoms with E-state index in [1.807, 2.05) is 0 Å². The highest BCUT2D eigenvalue weighted by atomic mass is 16.5. The number of nitrogens with one attached hydrogen (secondary N) is 2. The molecule has 7 nitrogen and oxygen atoms in total. The van der Waals surface area contributed by atoms with Gasteiger partial charge in [-0.25, -0.2) is 0 Å². The van der Waals surface area contributed by atoms with Crippen molar-refractivity contribution in [1.29, 1.82) is 0 Å².